The second-order valence-corrected chi connectivity index (χ2v) is 5.34. The molecule has 0 aliphatic carbocycles. The quantitative estimate of drug-likeness (QED) is 0.594. The van der Waals surface area contributed by atoms with Crippen LogP contribution in [-0.4, -0.2) is 25.8 Å². The topological polar surface area (TPSA) is 35.5 Å². The van der Waals surface area contributed by atoms with Gasteiger partial charge < -0.3 is 9.47 Å². The summed E-state index contributed by atoms with van der Waals surface area (Å²) in [5, 5.41) is 2.32. The lowest BCUT2D eigenvalue weighted by atomic mass is 9.91. The van der Waals surface area contributed by atoms with Gasteiger partial charge in [-0.05, 0) is 40.8 Å². The summed E-state index contributed by atoms with van der Waals surface area (Å²) in [6.07, 6.45) is 2.52. The first kappa shape index (κ1) is 13.8. The Morgan fingerprint density at radius 1 is 1.29 bits per heavy atom. The van der Waals surface area contributed by atoms with Crippen LogP contribution in [0.15, 0.2) is 42.5 Å². The van der Waals surface area contributed by atoms with Gasteiger partial charge in [0.1, 0.15) is 0 Å². The molecule has 1 heterocycles. The number of fused-ring (bicyclic) bond motifs is 3. The standard InChI is InChI=1S/C18H18O3/c1-12-9-14-8-7-13-5-3-4-6-16(13)18(14)15(11-21-12)10-17(19)20-2/h3-8,10,12H,9,11H2,1-2H3/b15-10+/t12-/m0/s1. The molecule has 0 N–H and O–H groups in total. The molecule has 3 nitrogen and oxygen atoms in total. The second kappa shape index (κ2) is 5.70. The zero-order chi connectivity index (χ0) is 14.8. The van der Waals surface area contributed by atoms with Crippen LogP contribution in [-0.2, 0) is 20.7 Å². The summed E-state index contributed by atoms with van der Waals surface area (Å²) in [7, 11) is 1.39. The molecule has 0 amide bonds. The SMILES string of the molecule is COC(=O)/C=C1\CO[C@@H](C)Cc2ccc3ccccc3c21. The minimum absolute atomic E-state index is 0.133. The predicted molar refractivity (Wildman–Crippen MR) is 83.1 cm³/mol. The largest absolute Gasteiger partial charge is 0.466 e. The molecule has 1 aliphatic rings. The number of benzene rings is 2. The van der Waals surface area contributed by atoms with Crippen molar-refractivity contribution in [1.82, 2.24) is 0 Å². The van der Waals surface area contributed by atoms with E-state index in [9.17, 15) is 4.79 Å². The highest BCUT2D eigenvalue weighted by Gasteiger charge is 2.20. The summed E-state index contributed by atoms with van der Waals surface area (Å²) in [5.41, 5.74) is 3.22. The average Bonchev–Trinajstić information content (AvgIpc) is 2.66. The van der Waals surface area contributed by atoms with E-state index in [1.807, 2.05) is 12.1 Å². The summed E-state index contributed by atoms with van der Waals surface area (Å²) in [6.45, 7) is 2.48. The van der Waals surface area contributed by atoms with Gasteiger partial charge in [-0.2, -0.15) is 0 Å². The van der Waals surface area contributed by atoms with E-state index in [0.717, 1.165) is 22.9 Å². The first-order valence-corrected chi connectivity index (χ1v) is 7.10. The van der Waals surface area contributed by atoms with Crippen molar-refractivity contribution < 1.29 is 14.3 Å². The van der Waals surface area contributed by atoms with Crippen molar-refractivity contribution in [2.75, 3.05) is 13.7 Å². The van der Waals surface area contributed by atoms with Crippen LogP contribution in [0.2, 0.25) is 0 Å². The van der Waals surface area contributed by atoms with E-state index in [1.54, 1.807) is 6.08 Å². The Morgan fingerprint density at radius 2 is 2.10 bits per heavy atom. The van der Waals surface area contributed by atoms with Crippen LogP contribution in [0.25, 0.3) is 16.3 Å². The third-order valence-electron chi connectivity index (χ3n) is 3.86. The average molecular weight is 282 g/mol. The highest BCUT2D eigenvalue weighted by atomic mass is 16.5. The second-order valence-electron chi connectivity index (χ2n) is 5.34. The first-order chi connectivity index (χ1) is 10.2. The zero-order valence-corrected chi connectivity index (χ0v) is 12.3. The van der Waals surface area contributed by atoms with Crippen molar-refractivity contribution in [3.63, 3.8) is 0 Å². The molecule has 108 valence electrons. The van der Waals surface area contributed by atoms with Crippen molar-refractivity contribution in [3.8, 4) is 0 Å². The summed E-state index contributed by atoms with van der Waals surface area (Å²) in [4.78, 5) is 11.7. The predicted octanol–water partition coefficient (Wildman–Crippen LogP) is 3.36. The number of ether oxygens (including phenoxy) is 2. The Bertz CT molecular complexity index is 715. The molecule has 0 bridgehead atoms. The highest BCUT2D eigenvalue weighted by molar-refractivity contribution is 6.00. The summed E-state index contributed by atoms with van der Waals surface area (Å²) < 4.78 is 10.6. The lowest BCUT2D eigenvalue weighted by Gasteiger charge is -2.12. The molecule has 0 saturated heterocycles. The Balaban J connectivity index is 2.25. The Labute approximate surface area is 124 Å². The van der Waals surface area contributed by atoms with Gasteiger partial charge in [-0.25, -0.2) is 4.79 Å². The molecule has 0 fully saturated rings. The van der Waals surface area contributed by atoms with Crippen LogP contribution < -0.4 is 0 Å². The van der Waals surface area contributed by atoms with Crippen LogP contribution in [0.5, 0.6) is 0 Å². The molecule has 2 aromatic carbocycles. The van der Waals surface area contributed by atoms with Crippen LogP contribution in [0, 0.1) is 0 Å². The number of rotatable bonds is 1. The maximum Gasteiger partial charge on any atom is 0.330 e. The first-order valence-electron chi connectivity index (χ1n) is 7.10. The molecule has 21 heavy (non-hydrogen) atoms. The molecule has 2 aromatic rings. The molecule has 0 aromatic heterocycles. The molecule has 3 heteroatoms. The van der Waals surface area contributed by atoms with Gasteiger partial charge in [0.2, 0.25) is 0 Å². The number of methoxy groups -OCH3 is 1. The van der Waals surface area contributed by atoms with Gasteiger partial charge in [-0.1, -0.05) is 36.4 Å². The van der Waals surface area contributed by atoms with Crippen LogP contribution in [0.4, 0.5) is 0 Å². The maximum atomic E-state index is 11.7. The van der Waals surface area contributed by atoms with Crippen molar-refractivity contribution in [2.24, 2.45) is 0 Å². The third kappa shape index (κ3) is 2.69. The summed E-state index contributed by atoms with van der Waals surface area (Å²) in [6, 6.07) is 12.5. The van der Waals surface area contributed by atoms with Crippen LogP contribution in [0.3, 0.4) is 0 Å². The van der Waals surface area contributed by atoms with Gasteiger partial charge in [0, 0.05) is 6.08 Å². The van der Waals surface area contributed by atoms with E-state index in [4.69, 9.17) is 9.47 Å². The summed E-state index contributed by atoms with van der Waals surface area (Å²) >= 11 is 0. The molecule has 0 unspecified atom stereocenters. The van der Waals surface area contributed by atoms with Gasteiger partial charge in [0.15, 0.2) is 0 Å². The number of carbonyl (C=O) groups excluding carboxylic acids is 1. The van der Waals surface area contributed by atoms with Crippen LogP contribution >= 0.6 is 0 Å². The fourth-order valence-electron chi connectivity index (χ4n) is 2.85. The molecule has 0 spiro atoms. The Kier molecular flexibility index (Phi) is 3.76. The lowest BCUT2D eigenvalue weighted by Crippen LogP contribution is -2.09. The normalized spacial score (nSPS) is 20.1. The van der Waals surface area contributed by atoms with Crippen molar-refractivity contribution in [1.29, 1.82) is 0 Å². The number of esters is 1. The third-order valence-corrected chi connectivity index (χ3v) is 3.86. The van der Waals surface area contributed by atoms with E-state index in [1.165, 1.54) is 18.1 Å². The monoisotopic (exact) mass is 282 g/mol. The van der Waals surface area contributed by atoms with Gasteiger partial charge >= 0.3 is 5.97 Å². The van der Waals surface area contributed by atoms with Crippen molar-refractivity contribution in [3.05, 3.63) is 53.6 Å². The maximum absolute atomic E-state index is 11.7. The fraction of sp³-hybridized carbons (Fsp3) is 0.278. The van der Waals surface area contributed by atoms with Gasteiger partial charge in [-0.15, -0.1) is 0 Å². The molecular formula is C18H18O3. The molecule has 1 atom stereocenters. The Hall–Kier alpha value is -2.13. The van der Waals surface area contributed by atoms with Crippen molar-refractivity contribution >= 4 is 22.3 Å². The van der Waals surface area contributed by atoms with E-state index >= 15 is 0 Å². The lowest BCUT2D eigenvalue weighted by molar-refractivity contribution is -0.134. The smallest absolute Gasteiger partial charge is 0.330 e. The van der Waals surface area contributed by atoms with E-state index in [2.05, 4.69) is 31.2 Å². The fourth-order valence-corrected chi connectivity index (χ4v) is 2.85. The van der Waals surface area contributed by atoms with E-state index in [0.29, 0.717) is 6.61 Å². The van der Waals surface area contributed by atoms with Crippen molar-refractivity contribution in [2.45, 2.75) is 19.4 Å². The van der Waals surface area contributed by atoms with E-state index < -0.39 is 0 Å². The minimum atomic E-state index is -0.345. The van der Waals surface area contributed by atoms with Crippen LogP contribution in [0.1, 0.15) is 18.1 Å². The highest BCUT2D eigenvalue weighted by Crippen LogP contribution is 2.32. The van der Waals surface area contributed by atoms with Gasteiger partial charge in [0.05, 0.1) is 19.8 Å². The molecular weight excluding hydrogens is 264 g/mol. The van der Waals surface area contributed by atoms with Gasteiger partial charge in [-0.3, -0.25) is 0 Å². The number of hydrogen-bond acceptors (Lipinski definition) is 3. The number of carbonyl (C=O) groups is 1. The van der Waals surface area contributed by atoms with Gasteiger partial charge in [0.25, 0.3) is 0 Å². The van der Waals surface area contributed by atoms with E-state index in [-0.39, 0.29) is 12.1 Å². The molecule has 1 aliphatic heterocycles. The molecule has 3 rings (SSSR count). The number of hydrogen-bond donors (Lipinski definition) is 0. The molecule has 0 radical (unpaired) electrons. The Morgan fingerprint density at radius 3 is 2.90 bits per heavy atom. The summed E-state index contributed by atoms with van der Waals surface area (Å²) in [5.74, 6) is -0.345. The molecule has 0 saturated carbocycles. The minimum Gasteiger partial charge on any atom is -0.466 e. The zero-order valence-electron chi connectivity index (χ0n) is 12.3.